The van der Waals surface area contributed by atoms with Gasteiger partial charge in [0.25, 0.3) is 0 Å². The zero-order valence-electron chi connectivity index (χ0n) is 11.2. The average Bonchev–Trinajstić information content (AvgIpc) is 2.26. The Morgan fingerprint density at radius 2 is 2.12 bits per heavy atom. The van der Waals surface area contributed by atoms with Gasteiger partial charge < -0.3 is 10.1 Å². The summed E-state index contributed by atoms with van der Waals surface area (Å²) in [5, 5.41) is 3.54. The Bertz CT molecular complexity index is 262. The normalized spacial score (nSPS) is 39.7. The van der Waals surface area contributed by atoms with Crippen molar-refractivity contribution in [1.29, 1.82) is 0 Å². The average molecular weight is 237 g/mol. The van der Waals surface area contributed by atoms with E-state index in [1.165, 1.54) is 51.5 Å². The molecule has 1 N–H and O–H groups in total. The van der Waals surface area contributed by atoms with Crippen LogP contribution >= 0.6 is 0 Å². The van der Waals surface area contributed by atoms with Crippen LogP contribution in [-0.2, 0) is 4.74 Å². The number of hydrogen-bond acceptors (Lipinski definition) is 2. The lowest BCUT2D eigenvalue weighted by molar-refractivity contribution is -0.158. The van der Waals surface area contributed by atoms with Crippen LogP contribution in [0.1, 0.15) is 51.9 Å². The SMILES string of the molecule is CCNCC1CCC1C1CCOC2(CCC2)C1. The maximum atomic E-state index is 6.05. The monoisotopic (exact) mass is 237 g/mol. The molecule has 1 heterocycles. The van der Waals surface area contributed by atoms with Gasteiger partial charge in [-0.25, -0.2) is 0 Å². The molecule has 3 fully saturated rings. The molecule has 2 heteroatoms. The molecule has 1 aliphatic heterocycles. The van der Waals surface area contributed by atoms with Gasteiger partial charge >= 0.3 is 0 Å². The second-order valence-electron chi connectivity index (χ2n) is 6.45. The third-order valence-corrected chi connectivity index (χ3v) is 5.53. The van der Waals surface area contributed by atoms with Gasteiger partial charge in [-0.15, -0.1) is 0 Å². The molecule has 1 spiro atoms. The molecule has 17 heavy (non-hydrogen) atoms. The van der Waals surface area contributed by atoms with Crippen LogP contribution in [0.4, 0.5) is 0 Å². The van der Waals surface area contributed by atoms with Crippen LogP contribution in [0.3, 0.4) is 0 Å². The van der Waals surface area contributed by atoms with Crippen molar-refractivity contribution in [3.63, 3.8) is 0 Å². The van der Waals surface area contributed by atoms with Crippen LogP contribution < -0.4 is 5.32 Å². The standard InChI is InChI=1S/C15H27NO/c1-2-16-11-13-4-5-14(13)12-6-9-17-15(10-12)7-3-8-15/h12-14,16H,2-11H2,1H3. The van der Waals surface area contributed by atoms with Crippen LogP contribution in [0.15, 0.2) is 0 Å². The molecule has 0 aromatic heterocycles. The van der Waals surface area contributed by atoms with E-state index in [0.717, 1.165) is 30.9 Å². The van der Waals surface area contributed by atoms with Crippen molar-refractivity contribution in [2.24, 2.45) is 17.8 Å². The highest BCUT2D eigenvalue weighted by molar-refractivity contribution is 4.98. The van der Waals surface area contributed by atoms with Crippen molar-refractivity contribution in [3.05, 3.63) is 0 Å². The highest BCUT2D eigenvalue weighted by atomic mass is 16.5. The largest absolute Gasteiger partial charge is 0.375 e. The van der Waals surface area contributed by atoms with E-state index in [1.54, 1.807) is 0 Å². The molecule has 0 aromatic carbocycles. The minimum atomic E-state index is 0.348. The van der Waals surface area contributed by atoms with Crippen molar-refractivity contribution >= 4 is 0 Å². The van der Waals surface area contributed by atoms with Crippen molar-refractivity contribution < 1.29 is 4.74 Å². The molecule has 98 valence electrons. The Morgan fingerprint density at radius 1 is 1.24 bits per heavy atom. The first kappa shape index (κ1) is 12.0. The van der Waals surface area contributed by atoms with E-state index in [0.29, 0.717) is 5.60 Å². The van der Waals surface area contributed by atoms with Crippen LogP contribution in [-0.4, -0.2) is 25.3 Å². The van der Waals surface area contributed by atoms with Crippen molar-refractivity contribution in [2.75, 3.05) is 19.7 Å². The van der Waals surface area contributed by atoms with Crippen molar-refractivity contribution in [3.8, 4) is 0 Å². The summed E-state index contributed by atoms with van der Waals surface area (Å²) in [6.07, 6.45) is 9.73. The first-order chi connectivity index (χ1) is 8.33. The Hall–Kier alpha value is -0.0800. The molecule has 0 aromatic rings. The number of nitrogens with one attached hydrogen (secondary N) is 1. The third-order valence-electron chi connectivity index (χ3n) is 5.53. The van der Waals surface area contributed by atoms with E-state index in [9.17, 15) is 0 Å². The van der Waals surface area contributed by atoms with Crippen LogP contribution in [0, 0.1) is 17.8 Å². The Morgan fingerprint density at radius 3 is 2.71 bits per heavy atom. The van der Waals surface area contributed by atoms with E-state index in [-0.39, 0.29) is 0 Å². The van der Waals surface area contributed by atoms with Gasteiger partial charge in [0.2, 0.25) is 0 Å². The number of ether oxygens (including phenoxy) is 1. The lowest BCUT2D eigenvalue weighted by Gasteiger charge is -2.52. The molecule has 1 saturated heterocycles. The molecule has 0 radical (unpaired) electrons. The lowest BCUT2D eigenvalue weighted by Crippen LogP contribution is -2.50. The second-order valence-corrected chi connectivity index (χ2v) is 6.45. The van der Waals surface area contributed by atoms with E-state index < -0.39 is 0 Å². The summed E-state index contributed by atoms with van der Waals surface area (Å²) in [6.45, 7) is 5.63. The van der Waals surface area contributed by atoms with Gasteiger partial charge in [0.1, 0.15) is 0 Å². The molecular formula is C15H27NO. The number of rotatable bonds is 4. The quantitative estimate of drug-likeness (QED) is 0.811. The summed E-state index contributed by atoms with van der Waals surface area (Å²) in [7, 11) is 0. The Labute approximate surface area is 105 Å². The molecule has 2 aliphatic carbocycles. The first-order valence-electron chi connectivity index (χ1n) is 7.68. The van der Waals surface area contributed by atoms with Crippen LogP contribution in [0.2, 0.25) is 0 Å². The first-order valence-corrected chi connectivity index (χ1v) is 7.68. The molecule has 3 atom stereocenters. The van der Waals surface area contributed by atoms with Crippen LogP contribution in [0.25, 0.3) is 0 Å². The summed E-state index contributed by atoms with van der Waals surface area (Å²) >= 11 is 0. The smallest absolute Gasteiger partial charge is 0.0685 e. The van der Waals surface area contributed by atoms with E-state index in [4.69, 9.17) is 4.74 Å². The van der Waals surface area contributed by atoms with Gasteiger partial charge in [-0.3, -0.25) is 0 Å². The maximum absolute atomic E-state index is 6.05. The fourth-order valence-corrected chi connectivity index (χ4v) is 4.15. The molecule has 3 rings (SSSR count). The fourth-order valence-electron chi connectivity index (χ4n) is 4.15. The van der Waals surface area contributed by atoms with Crippen LogP contribution in [0.5, 0.6) is 0 Å². The van der Waals surface area contributed by atoms with Gasteiger partial charge in [-0.05, 0) is 75.8 Å². The van der Waals surface area contributed by atoms with Gasteiger partial charge in [0.05, 0.1) is 5.60 Å². The summed E-state index contributed by atoms with van der Waals surface area (Å²) in [5.74, 6) is 2.95. The van der Waals surface area contributed by atoms with Gasteiger partial charge in [-0.2, -0.15) is 0 Å². The second kappa shape index (κ2) is 4.89. The summed E-state index contributed by atoms with van der Waals surface area (Å²) in [4.78, 5) is 0. The van der Waals surface area contributed by atoms with Gasteiger partial charge in [0.15, 0.2) is 0 Å². The fraction of sp³-hybridized carbons (Fsp3) is 1.00. The Balaban J connectivity index is 1.53. The van der Waals surface area contributed by atoms with E-state index in [1.807, 2.05) is 0 Å². The molecule has 3 unspecified atom stereocenters. The third kappa shape index (κ3) is 2.26. The predicted octanol–water partition coefficient (Wildman–Crippen LogP) is 2.97. The minimum absolute atomic E-state index is 0.348. The summed E-state index contributed by atoms with van der Waals surface area (Å²) in [6, 6.07) is 0. The highest BCUT2D eigenvalue weighted by Gasteiger charge is 2.47. The number of hydrogen-bond donors (Lipinski definition) is 1. The van der Waals surface area contributed by atoms with Crippen molar-refractivity contribution in [2.45, 2.75) is 57.5 Å². The topological polar surface area (TPSA) is 21.3 Å². The molecule has 0 bridgehead atoms. The predicted molar refractivity (Wildman–Crippen MR) is 70.0 cm³/mol. The van der Waals surface area contributed by atoms with Gasteiger partial charge in [-0.1, -0.05) is 6.92 Å². The molecule has 0 amide bonds. The van der Waals surface area contributed by atoms with Crippen molar-refractivity contribution in [1.82, 2.24) is 5.32 Å². The molecular weight excluding hydrogens is 210 g/mol. The Kier molecular flexibility index (Phi) is 3.45. The zero-order valence-corrected chi connectivity index (χ0v) is 11.2. The lowest BCUT2D eigenvalue weighted by atomic mass is 9.60. The summed E-state index contributed by atoms with van der Waals surface area (Å²) < 4.78 is 6.05. The molecule has 2 saturated carbocycles. The van der Waals surface area contributed by atoms with E-state index in [2.05, 4.69) is 12.2 Å². The maximum Gasteiger partial charge on any atom is 0.0685 e. The van der Waals surface area contributed by atoms with E-state index >= 15 is 0 Å². The molecule has 3 aliphatic rings. The molecule has 2 nitrogen and oxygen atoms in total. The minimum Gasteiger partial charge on any atom is -0.375 e. The zero-order chi connectivity index (χ0) is 11.7. The highest BCUT2D eigenvalue weighted by Crippen LogP contribution is 2.50. The summed E-state index contributed by atoms with van der Waals surface area (Å²) in [5.41, 5.74) is 0.348. The van der Waals surface area contributed by atoms with Gasteiger partial charge in [0, 0.05) is 6.61 Å².